The van der Waals surface area contributed by atoms with Gasteiger partial charge in [0.2, 0.25) is 0 Å². The van der Waals surface area contributed by atoms with Crippen LogP contribution in [0.3, 0.4) is 0 Å². The van der Waals surface area contributed by atoms with Crippen LogP contribution in [-0.4, -0.2) is 51.7 Å². The van der Waals surface area contributed by atoms with E-state index in [0.717, 1.165) is 39.1 Å². The first-order valence-electron chi connectivity index (χ1n) is 9.60. The molecule has 140 valence electrons. The third-order valence-corrected chi connectivity index (χ3v) is 5.06. The number of anilines is 1. The van der Waals surface area contributed by atoms with Gasteiger partial charge in [-0.1, -0.05) is 42.5 Å². The quantitative estimate of drug-likeness (QED) is 0.788. The van der Waals surface area contributed by atoms with Gasteiger partial charge in [-0.2, -0.15) is 0 Å². The van der Waals surface area contributed by atoms with Crippen LogP contribution in [0.25, 0.3) is 0 Å². The molecule has 1 heterocycles. The Kier molecular flexibility index (Phi) is 7.06. The molecule has 0 radical (unpaired) electrons. The lowest BCUT2D eigenvalue weighted by Gasteiger charge is -2.34. The maximum Gasteiger partial charge on any atom is 0.0841 e. The molecule has 1 aliphatic rings. The number of ether oxygens (including phenoxy) is 1. The first-order valence-corrected chi connectivity index (χ1v) is 9.60. The molecule has 4 heteroatoms. The maximum absolute atomic E-state index is 6.31. The average molecular weight is 354 g/mol. The highest BCUT2D eigenvalue weighted by molar-refractivity contribution is 5.49. The second-order valence-electron chi connectivity index (χ2n) is 7.06. The Labute approximate surface area is 157 Å². The lowest BCUT2D eigenvalue weighted by molar-refractivity contribution is 0.0344. The fourth-order valence-electron chi connectivity index (χ4n) is 3.39. The van der Waals surface area contributed by atoms with Gasteiger partial charge in [-0.15, -0.1) is 0 Å². The molecule has 0 aromatic heterocycles. The summed E-state index contributed by atoms with van der Waals surface area (Å²) in [7, 11) is 4.18. The molecule has 4 nitrogen and oxygen atoms in total. The smallest absolute Gasteiger partial charge is 0.0841 e. The van der Waals surface area contributed by atoms with Crippen LogP contribution in [0.15, 0.2) is 54.6 Å². The summed E-state index contributed by atoms with van der Waals surface area (Å²) >= 11 is 0. The Bertz CT molecular complexity index is 653. The zero-order chi connectivity index (χ0) is 18.2. The van der Waals surface area contributed by atoms with E-state index in [2.05, 4.69) is 76.8 Å². The lowest BCUT2D eigenvalue weighted by Crippen LogP contribution is -2.44. The van der Waals surface area contributed by atoms with Gasteiger partial charge in [0, 0.05) is 31.9 Å². The Balaban J connectivity index is 1.63. The highest BCUT2D eigenvalue weighted by atomic mass is 16.5. The van der Waals surface area contributed by atoms with Gasteiger partial charge in [-0.25, -0.2) is 0 Å². The standard InChI is InChI=1S/C22H31N3O/c1-23-12-11-22(20-8-4-3-5-9-20)26-18-19-7-6-10-21(17-19)25-15-13-24(2)14-16-25/h3-10,17,22-23H,11-16,18H2,1-2H3. The van der Waals surface area contributed by atoms with E-state index in [1.165, 1.54) is 16.8 Å². The molecule has 0 amide bonds. The zero-order valence-electron chi connectivity index (χ0n) is 16.0. The summed E-state index contributed by atoms with van der Waals surface area (Å²) in [6.45, 7) is 6.03. The van der Waals surface area contributed by atoms with E-state index in [0.29, 0.717) is 6.61 Å². The molecule has 1 atom stereocenters. The van der Waals surface area contributed by atoms with E-state index < -0.39 is 0 Å². The van der Waals surface area contributed by atoms with Gasteiger partial charge in [0.15, 0.2) is 0 Å². The molecule has 1 aliphatic heterocycles. The summed E-state index contributed by atoms with van der Waals surface area (Å²) in [5.41, 5.74) is 3.80. The monoisotopic (exact) mass is 353 g/mol. The van der Waals surface area contributed by atoms with Crippen molar-refractivity contribution in [1.29, 1.82) is 0 Å². The number of nitrogens with one attached hydrogen (secondary N) is 1. The van der Waals surface area contributed by atoms with Gasteiger partial charge in [0.25, 0.3) is 0 Å². The maximum atomic E-state index is 6.31. The largest absolute Gasteiger partial charge is 0.369 e. The molecule has 0 spiro atoms. The van der Waals surface area contributed by atoms with E-state index in [-0.39, 0.29) is 6.10 Å². The molecule has 0 saturated carbocycles. The molecule has 0 bridgehead atoms. The molecule has 1 fully saturated rings. The van der Waals surface area contributed by atoms with E-state index in [9.17, 15) is 0 Å². The van der Waals surface area contributed by atoms with Crippen molar-refractivity contribution in [2.24, 2.45) is 0 Å². The van der Waals surface area contributed by atoms with Crippen LogP contribution in [0.5, 0.6) is 0 Å². The van der Waals surface area contributed by atoms with Gasteiger partial charge in [-0.05, 0) is 50.3 Å². The Hall–Kier alpha value is -1.88. The van der Waals surface area contributed by atoms with Crippen LogP contribution in [0.4, 0.5) is 5.69 Å². The number of piperazine rings is 1. The summed E-state index contributed by atoms with van der Waals surface area (Å²) in [4.78, 5) is 4.86. The van der Waals surface area contributed by atoms with Crippen LogP contribution in [0.1, 0.15) is 23.7 Å². The van der Waals surface area contributed by atoms with Gasteiger partial charge in [0.1, 0.15) is 0 Å². The minimum absolute atomic E-state index is 0.121. The van der Waals surface area contributed by atoms with Crippen molar-refractivity contribution in [3.8, 4) is 0 Å². The zero-order valence-corrected chi connectivity index (χ0v) is 16.0. The molecule has 3 rings (SSSR count). The van der Waals surface area contributed by atoms with E-state index >= 15 is 0 Å². The molecule has 1 saturated heterocycles. The number of hydrogen-bond acceptors (Lipinski definition) is 4. The number of hydrogen-bond donors (Lipinski definition) is 1. The topological polar surface area (TPSA) is 27.7 Å². The molecule has 2 aromatic carbocycles. The van der Waals surface area contributed by atoms with Crippen LogP contribution in [0, 0.1) is 0 Å². The second kappa shape index (κ2) is 9.72. The Morgan fingerprint density at radius 3 is 2.50 bits per heavy atom. The van der Waals surface area contributed by atoms with Gasteiger partial charge < -0.3 is 19.9 Å². The number of benzene rings is 2. The van der Waals surface area contributed by atoms with Crippen molar-refractivity contribution in [2.45, 2.75) is 19.1 Å². The van der Waals surface area contributed by atoms with Crippen molar-refractivity contribution < 1.29 is 4.74 Å². The summed E-state index contributed by atoms with van der Waals surface area (Å²) in [6.07, 6.45) is 1.09. The molecule has 2 aromatic rings. The number of likely N-dealkylation sites (N-methyl/N-ethyl adjacent to an activating group) is 1. The fourth-order valence-corrected chi connectivity index (χ4v) is 3.39. The number of rotatable bonds is 8. The highest BCUT2D eigenvalue weighted by Crippen LogP contribution is 2.24. The van der Waals surface area contributed by atoms with Gasteiger partial charge in [0.05, 0.1) is 12.7 Å². The molecular formula is C22H31N3O. The third kappa shape index (κ3) is 5.31. The van der Waals surface area contributed by atoms with Crippen molar-refractivity contribution in [3.05, 3.63) is 65.7 Å². The lowest BCUT2D eigenvalue weighted by atomic mass is 10.1. The first kappa shape index (κ1) is 18.9. The second-order valence-corrected chi connectivity index (χ2v) is 7.06. The molecule has 26 heavy (non-hydrogen) atoms. The Morgan fingerprint density at radius 2 is 1.77 bits per heavy atom. The van der Waals surface area contributed by atoms with Crippen molar-refractivity contribution in [1.82, 2.24) is 10.2 Å². The van der Waals surface area contributed by atoms with Crippen molar-refractivity contribution in [3.63, 3.8) is 0 Å². The van der Waals surface area contributed by atoms with Crippen LogP contribution in [-0.2, 0) is 11.3 Å². The third-order valence-electron chi connectivity index (χ3n) is 5.06. The molecular weight excluding hydrogens is 322 g/mol. The predicted octanol–water partition coefficient (Wildman–Crippen LogP) is 3.31. The minimum atomic E-state index is 0.121. The molecule has 1 unspecified atom stereocenters. The van der Waals surface area contributed by atoms with Crippen LogP contribution < -0.4 is 10.2 Å². The van der Waals surface area contributed by atoms with Crippen molar-refractivity contribution in [2.75, 3.05) is 51.7 Å². The Morgan fingerprint density at radius 1 is 1.00 bits per heavy atom. The van der Waals surface area contributed by atoms with E-state index in [1.54, 1.807) is 0 Å². The highest BCUT2D eigenvalue weighted by Gasteiger charge is 2.15. The summed E-state index contributed by atoms with van der Waals surface area (Å²) in [6, 6.07) is 19.3. The predicted molar refractivity (Wildman–Crippen MR) is 109 cm³/mol. The molecule has 0 aliphatic carbocycles. The SMILES string of the molecule is CNCCC(OCc1cccc(N2CCN(C)CC2)c1)c1ccccc1. The van der Waals surface area contributed by atoms with Crippen LogP contribution >= 0.6 is 0 Å². The average Bonchev–Trinajstić information content (AvgIpc) is 2.69. The minimum Gasteiger partial charge on any atom is -0.369 e. The van der Waals surface area contributed by atoms with Crippen LogP contribution in [0.2, 0.25) is 0 Å². The summed E-state index contributed by atoms with van der Waals surface area (Å²) in [5, 5.41) is 3.23. The first-order chi connectivity index (χ1) is 12.8. The normalized spacial score (nSPS) is 16.6. The summed E-state index contributed by atoms with van der Waals surface area (Å²) in [5.74, 6) is 0. The van der Waals surface area contributed by atoms with Crippen molar-refractivity contribution >= 4 is 5.69 Å². The number of nitrogens with zero attached hydrogens (tertiary/aromatic N) is 2. The molecule has 1 N–H and O–H groups in total. The van der Waals surface area contributed by atoms with E-state index in [4.69, 9.17) is 4.74 Å². The van der Waals surface area contributed by atoms with Gasteiger partial charge >= 0.3 is 0 Å². The summed E-state index contributed by atoms with van der Waals surface area (Å²) < 4.78 is 6.31. The van der Waals surface area contributed by atoms with Gasteiger partial charge in [-0.3, -0.25) is 0 Å². The fraction of sp³-hybridized carbons (Fsp3) is 0.455. The van der Waals surface area contributed by atoms with E-state index in [1.807, 2.05) is 7.05 Å².